The number of aromatic nitrogens is 2. The molecule has 1 N–H and O–H groups in total. The lowest BCUT2D eigenvalue weighted by molar-refractivity contribution is 0.584. The van der Waals surface area contributed by atoms with Gasteiger partial charge in [-0.05, 0) is 26.7 Å². The highest BCUT2D eigenvalue weighted by atomic mass is 15.3. The number of anilines is 1. The molecule has 18 heavy (non-hydrogen) atoms. The molecule has 1 saturated carbocycles. The fraction of sp³-hybridized carbons (Fsp3) is 0.714. The molecule has 1 aliphatic rings. The Labute approximate surface area is 110 Å². The molecule has 1 aliphatic carbocycles. The van der Waals surface area contributed by atoms with E-state index in [0.717, 1.165) is 24.7 Å². The Bertz CT molecular complexity index is 399. The van der Waals surface area contributed by atoms with E-state index in [4.69, 9.17) is 0 Å². The van der Waals surface area contributed by atoms with Crippen molar-refractivity contribution in [1.29, 1.82) is 0 Å². The third-order valence-electron chi connectivity index (χ3n) is 3.35. The molecule has 1 fully saturated rings. The number of nitrogens with zero attached hydrogens (tertiary/aromatic N) is 3. The first-order valence-electron chi connectivity index (χ1n) is 6.94. The van der Waals surface area contributed by atoms with Gasteiger partial charge < -0.3 is 10.2 Å². The molecule has 0 unspecified atom stereocenters. The Morgan fingerprint density at radius 3 is 2.67 bits per heavy atom. The number of aryl methyl sites for hydroxylation is 1. The summed E-state index contributed by atoms with van der Waals surface area (Å²) in [6.45, 7) is 10.4. The lowest BCUT2D eigenvalue weighted by Gasteiger charge is -2.21. The molecule has 0 spiro atoms. The molecule has 0 bridgehead atoms. The Hall–Kier alpha value is -1.16. The van der Waals surface area contributed by atoms with E-state index < -0.39 is 0 Å². The van der Waals surface area contributed by atoms with Gasteiger partial charge in [0.15, 0.2) is 0 Å². The van der Waals surface area contributed by atoms with Crippen LogP contribution in [0.25, 0.3) is 0 Å². The van der Waals surface area contributed by atoms with Crippen LogP contribution in [0.4, 0.5) is 5.95 Å². The molecule has 1 aromatic heterocycles. The monoisotopic (exact) mass is 248 g/mol. The molecule has 0 aliphatic heterocycles. The maximum atomic E-state index is 4.66. The third-order valence-corrected chi connectivity index (χ3v) is 3.35. The molecule has 4 nitrogen and oxygen atoms in total. The molecule has 0 atom stereocenters. The number of rotatable bonds is 6. The van der Waals surface area contributed by atoms with Crippen molar-refractivity contribution in [3.63, 3.8) is 0 Å². The first-order valence-corrected chi connectivity index (χ1v) is 6.94. The minimum absolute atomic E-state index is 0.489. The van der Waals surface area contributed by atoms with Crippen LogP contribution < -0.4 is 10.2 Å². The van der Waals surface area contributed by atoms with E-state index in [2.05, 4.69) is 47.9 Å². The molecule has 1 heterocycles. The van der Waals surface area contributed by atoms with Crippen LogP contribution in [0.5, 0.6) is 0 Å². The average Bonchev–Trinajstić information content (AvgIpc) is 3.13. The van der Waals surface area contributed by atoms with E-state index in [1.165, 1.54) is 18.4 Å². The zero-order valence-corrected chi connectivity index (χ0v) is 11.9. The summed E-state index contributed by atoms with van der Waals surface area (Å²) in [6.07, 6.45) is 4.54. The maximum Gasteiger partial charge on any atom is 0.225 e. The van der Waals surface area contributed by atoms with Gasteiger partial charge in [0, 0.05) is 42.6 Å². The quantitative estimate of drug-likeness (QED) is 0.838. The van der Waals surface area contributed by atoms with Gasteiger partial charge in [-0.15, -0.1) is 0 Å². The summed E-state index contributed by atoms with van der Waals surface area (Å²) in [5.74, 6) is 0.894. The van der Waals surface area contributed by atoms with Gasteiger partial charge in [0.25, 0.3) is 0 Å². The zero-order chi connectivity index (χ0) is 13.1. The molecular weight excluding hydrogens is 224 g/mol. The summed E-state index contributed by atoms with van der Waals surface area (Å²) in [7, 11) is 0. The van der Waals surface area contributed by atoms with E-state index in [9.17, 15) is 0 Å². The number of nitrogens with one attached hydrogen (secondary N) is 1. The van der Waals surface area contributed by atoms with E-state index >= 15 is 0 Å². The minimum Gasteiger partial charge on any atom is -0.338 e. The number of hydrogen-bond donors (Lipinski definition) is 1. The van der Waals surface area contributed by atoms with Gasteiger partial charge in [0.1, 0.15) is 0 Å². The Morgan fingerprint density at radius 1 is 1.44 bits per heavy atom. The second-order valence-corrected chi connectivity index (χ2v) is 5.33. The largest absolute Gasteiger partial charge is 0.338 e. The molecule has 0 saturated heterocycles. The molecule has 100 valence electrons. The fourth-order valence-electron chi connectivity index (χ4n) is 2.05. The zero-order valence-electron chi connectivity index (χ0n) is 11.9. The topological polar surface area (TPSA) is 41.1 Å². The van der Waals surface area contributed by atoms with Crippen LogP contribution in [0.2, 0.25) is 0 Å². The van der Waals surface area contributed by atoms with Crippen LogP contribution in [-0.4, -0.2) is 28.6 Å². The molecule has 0 amide bonds. The Morgan fingerprint density at radius 2 is 2.17 bits per heavy atom. The van der Waals surface area contributed by atoms with Crippen LogP contribution in [0.3, 0.4) is 0 Å². The van der Waals surface area contributed by atoms with Crippen molar-refractivity contribution in [2.75, 3.05) is 11.4 Å². The van der Waals surface area contributed by atoms with Crippen LogP contribution in [0, 0.1) is 6.92 Å². The van der Waals surface area contributed by atoms with Crippen LogP contribution in [0.15, 0.2) is 6.20 Å². The van der Waals surface area contributed by atoms with Crippen molar-refractivity contribution in [2.45, 2.75) is 59.2 Å². The Kier molecular flexibility index (Phi) is 4.17. The van der Waals surface area contributed by atoms with E-state index in [-0.39, 0.29) is 0 Å². The highest BCUT2D eigenvalue weighted by Gasteiger charge is 2.29. The normalized spacial score (nSPS) is 15.2. The lowest BCUT2D eigenvalue weighted by atomic mass is 10.2. The number of hydrogen-bond acceptors (Lipinski definition) is 4. The van der Waals surface area contributed by atoms with Gasteiger partial charge in [0.05, 0.1) is 0 Å². The van der Waals surface area contributed by atoms with Crippen LogP contribution in [-0.2, 0) is 6.54 Å². The van der Waals surface area contributed by atoms with Gasteiger partial charge in [-0.1, -0.05) is 13.8 Å². The lowest BCUT2D eigenvalue weighted by Crippen LogP contribution is -2.28. The van der Waals surface area contributed by atoms with Crippen molar-refractivity contribution in [1.82, 2.24) is 15.3 Å². The molecule has 2 rings (SSSR count). The SMILES string of the molecule is CCN(c1ncc(CNC(C)C)c(C)n1)C1CC1. The Balaban J connectivity index is 2.08. The average molecular weight is 248 g/mol. The van der Waals surface area contributed by atoms with E-state index in [1.807, 2.05) is 6.20 Å². The van der Waals surface area contributed by atoms with E-state index in [0.29, 0.717) is 12.1 Å². The van der Waals surface area contributed by atoms with Gasteiger partial charge >= 0.3 is 0 Å². The second-order valence-electron chi connectivity index (χ2n) is 5.33. The first kappa shape index (κ1) is 13.3. The van der Waals surface area contributed by atoms with Crippen LogP contribution >= 0.6 is 0 Å². The van der Waals surface area contributed by atoms with Crippen molar-refractivity contribution in [3.8, 4) is 0 Å². The third kappa shape index (κ3) is 3.19. The van der Waals surface area contributed by atoms with Crippen molar-refractivity contribution < 1.29 is 0 Å². The van der Waals surface area contributed by atoms with Crippen LogP contribution in [0.1, 0.15) is 44.9 Å². The minimum atomic E-state index is 0.489. The van der Waals surface area contributed by atoms with Crippen molar-refractivity contribution >= 4 is 5.95 Å². The van der Waals surface area contributed by atoms with Gasteiger partial charge in [0.2, 0.25) is 5.95 Å². The summed E-state index contributed by atoms with van der Waals surface area (Å²) in [5, 5.41) is 3.41. The first-order chi connectivity index (χ1) is 8.61. The van der Waals surface area contributed by atoms with Crippen molar-refractivity contribution in [3.05, 3.63) is 17.5 Å². The smallest absolute Gasteiger partial charge is 0.225 e. The predicted molar refractivity (Wildman–Crippen MR) is 74.8 cm³/mol. The predicted octanol–water partition coefficient (Wildman–Crippen LogP) is 2.27. The standard InChI is InChI=1S/C14H24N4/c1-5-18(13-6-7-13)14-16-9-12(11(4)17-14)8-15-10(2)3/h9-10,13,15H,5-8H2,1-4H3. The second kappa shape index (κ2) is 5.65. The highest BCUT2D eigenvalue weighted by molar-refractivity contribution is 5.36. The van der Waals surface area contributed by atoms with E-state index in [1.54, 1.807) is 0 Å². The molecule has 0 radical (unpaired) electrons. The summed E-state index contributed by atoms with van der Waals surface area (Å²) in [5.41, 5.74) is 2.28. The summed E-state index contributed by atoms with van der Waals surface area (Å²) in [6, 6.07) is 1.16. The highest BCUT2D eigenvalue weighted by Crippen LogP contribution is 2.29. The molecular formula is C14H24N4. The summed E-state index contributed by atoms with van der Waals surface area (Å²) < 4.78 is 0. The van der Waals surface area contributed by atoms with Gasteiger partial charge in [-0.3, -0.25) is 0 Å². The van der Waals surface area contributed by atoms with Gasteiger partial charge in [-0.2, -0.15) is 0 Å². The molecule has 4 heteroatoms. The van der Waals surface area contributed by atoms with Gasteiger partial charge in [-0.25, -0.2) is 9.97 Å². The summed E-state index contributed by atoms with van der Waals surface area (Å²) in [4.78, 5) is 11.5. The van der Waals surface area contributed by atoms with Crippen molar-refractivity contribution in [2.24, 2.45) is 0 Å². The molecule has 1 aromatic rings. The molecule has 0 aromatic carbocycles. The fourth-order valence-corrected chi connectivity index (χ4v) is 2.05. The maximum absolute atomic E-state index is 4.66. The summed E-state index contributed by atoms with van der Waals surface area (Å²) >= 11 is 0.